The number of anilines is 2. The predicted octanol–water partition coefficient (Wildman–Crippen LogP) is 2.33. The van der Waals surface area contributed by atoms with Gasteiger partial charge < -0.3 is 11.1 Å². The van der Waals surface area contributed by atoms with E-state index in [2.05, 4.69) is 17.1 Å². The summed E-state index contributed by atoms with van der Waals surface area (Å²) in [6.07, 6.45) is 2.35. The van der Waals surface area contributed by atoms with Crippen LogP contribution in [0.4, 0.5) is 11.4 Å². The Balaban J connectivity index is 1.92. The van der Waals surface area contributed by atoms with Crippen LogP contribution >= 0.6 is 0 Å². The Morgan fingerprint density at radius 1 is 1.42 bits per heavy atom. The lowest BCUT2D eigenvalue weighted by Crippen LogP contribution is -2.45. The van der Waals surface area contributed by atoms with Crippen molar-refractivity contribution in [1.29, 1.82) is 0 Å². The van der Waals surface area contributed by atoms with Gasteiger partial charge in [-0.3, -0.25) is 9.69 Å². The van der Waals surface area contributed by atoms with Crippen molar-refractivity contribution in [2.45, 2.75) is 32.7 Å². The van der Waals surface area contributed by atoms with Gasteiger partial charge in [-0.2, -0.15) is 0 Å². The van der Waals surface area contributed by atoms with Gasteiger partial charge in [0, 0.05) is 11.4 Å². The molecular formula is C15H23N3O. The smallest absolute Gasteiger partial charge is 0.241 e. The quantitative estimate of drug-likeness (QED) is 0.821. The minimum absolute atomic E-state index is 0.0418. The topological polar surface area (TPSA) is 58.4 Å². The van der Waals surface area contributed by atoms with Crippen LogP contribution in [0.2, 0.25) is 0 Å². The first kappa shape index (κ1) is 13.9. The summed E-state index contributed by atoms with van der Waals surface area (Å²) in [5, 5.41) is 2.93. The molecule has 1 heterocycles. The molecular weight excluding hydrogens is 238 g/mol. The number of hydrogen-bond acceptors (Lipinski definition) is 3. The van der Waals surface area contributed by atoms with E-state index in [4.69, 9.17) is 5.73 Å². The van der Waals surface area contributed by atoms with Crippen LogP contribution in [0.5, 0.6) is 0 Å². The van der Waals surface area contributed by atoms with Gasteiger partial charge >= 0.3 is 0 Å². The Hall–Kier alpha value is -1.55. The highest BCUT2D eigenvalue weighted by molar-refractivity contribution is 5.94. The lowest BCUT2D eigenvalue weighted by Gasteiger charge is -2.34. The van der Waals surface area contributed by atoms with Gasteiger partial charge in [0.15, 0.2) is 0 Å². The van der Waals surface area contributed by atoms with Crippen molar-refractivity contribution in [3.8, 4) is 0 Å². The van der Waals surface area contributed by atoms with Gasteiger partial charge in [0.05, 0.1) is 6.04 Å². The van der Waals surface area contributed by atoms with E-state index < -0.39 is 0 Å². The van der Waals surface area contributed by atoms with Crippen LogP contribution in [0, 0.1) is 5.92 Å². The summed E-state index contributed by atoms with van der Waals surface area (Å²) in [5.41, 5.74) is 7.14. The first-order valence-corrected chi connectivity index (χ1v) is 6.96. The second-order valence-corrected chi connectivity index (χ2v) is 5.51. The van der Waals surface area contributed by atoms with Crippen LogP contribution in [0.25, 0.3) is 0 Å². The fourth-order valence-electron chi connectivity index (χ4n) is 2.44. The zero-order valence-electron chi connectivity index (χ0n) is 11.7. The van der Waals surface area contributed by atoms with Gasteiger partial charge in [-0.25, -0.2) is 0 Å². The average Bonchev–Trinajstić information content (AvgIpc) is 2.39. The maximum atomic E-state index is 12.2. The van der Waals surface area contributed by atoms with Gasteiger partial charge in [0.25, 0.3) is 0 Å². The Morgan fingerprint density at radius 3 is 2.74 bits per heavy atom. The third-order valence-electron chi connectivity index (χ3n) is 3.90. The number of piperidine rings is 1. The summed E-state index contributed by atoms with van der Waals surface area (Å²) in [7, 11) is 0. The molecule has 1 amide bonds. The molecule has 1 fully saturated rings. The van der Waals surface area contributed by atoms with E-state index >= 15 is 0 Å². The van der Waals surface area contributed by atoms with Gasteiger partial charge in [-0.1, -0.05) is 13.0 Å². The Morgan fingerprint density at radius 2 is 2.11 bits per heavy atom. The molecule has 0 aliphatic carbocycles. The lowest BCUT2D eigenvalue weighted by molar-refractivity contribution is -0.121. The normalized spacial score (nSPS) is 19.1. The summed E-state index contributed by atoms with van der Waals surface area (Å²) in [5.74, 6) is 0.820. The zero-order chi connectivity index (χ0) is 13.8. The number of hydrogen-bond donors (Lipinski definition) is 2. The van der Waals surface area contributed by atoms with Crippen LogP contribution < -0.4 is 11.1 Å². The molecule has 2 rings (SSSR count). The molecule has 0 radical (unpaired) electrons. The monoisotopic (exact) mass is 261 g/mol. The van der Waals surface area contributed by atoms with Crippen molar-refractivity contribution in [3.05, 3.63) is 24.3 Å². The summed E-state index contributed by atoms with van der Waals surface area (Å²) in [4.78, 5) is 14.5. The zero-order valence-corrected chi connectivity index (χ0v) is 11.7. The minimum atomic E-state index is -0.0890. The number of benzene rings is 1. The molecule has 1 saturated heterocycles. The third kappa shape index (κ3) is 3.70. The Bertz CT molecular complexity index is 439. The fraction of sp³-hybridized carbons (Fsp3) is 0.533. The Kier molecular flexibility index (Phi) is 4.43. The fourth-order valence-corrected chi connectivity index (χ4v) is 2.44. The molecule has 0 aromatic heterocycles. The van der Waals surface area contributed by atoms with E-state index in [0.717, 1.165) is 24.7 Å². The molecule has 0 saturated carbocycles. The molecule has 0 spiro atoms. The second kappa shape index (κ2) is 6.06. The number of nitrogens with two attached hydrogens (primary N) is 1. The number of nitrogens with one attached hydrogen (secondary N) is 1. The largest absolute Gasteiger partial charge is 0.399 e. The number of nitrogen functional groups attached to an aromatic ring is 1. The molecule has 1 aliphatic heterocycles. The van der Waals surface area contributed by atoms with Crippen molar-refractivity contribution in [2.75, 3.05) is 24.1 Å². The maximum Gasteiger partial charge on any atom is 0.241 e. The second-order valence-electron chi connectivity index (χ2n) is 5.51. The number of rotatable bonds is 3. The highest BCUT2D eigenvalue weighted by Crippen LogP contribution is 2.19. The average molecular weight is 261 g/mol. The SMILES string of the molecule is CC1CCN(C(C)C(=O)Nc2cccc(N)c2)CC1. The van der Waals surface area contributed by atoms with Gasteiger partial charge in [-0.15, -0.1) is 0 Å². The van der Waals surface area contributed by atoms with Crippen LogP contribution in [0.1, 0.15) is 26.7 Å². The van der Waals surface area contributed by atoms with E-state index in [9.17, 15) is 4.79 Å². The molecule has 1 aliphatic rings. The van der Waals surface area contributed by atoms with E-state index in [-0.39, 0.29) is 11.9 Å². The number of nitrogens with zero attached hydrogens (tertiary/aromatic N) is 1. The Labute approximate surface area is 115 Å². The summed E-state index contributed by atoms with van der Waals surface area (Å²) in [6, 6.07) is 7.21. The van der Waals surface area contributed by atoms with Crippen molar-refractivity contribution in [3.63, 3.8) is 0 Å². The molecule has 1 unspecified atom stereocenters. The van der Waals surface area contributed by atoms with E-state index in [1.807, 2.05) is 25.1 Å². The molecule has 4 nitrogen and oxygen atoms in total. The number of amides is 1. The van der Waals surface area contributed by atoms with Crippen molar-refractivity contribution in [1.82, 2.24) is 4.90 Å². The summed E-state index contributed by atoms with van der Waals surface area (Å²) >= 11 is 0. The molecule has 3 N–H and O–H groups in total. The van der Waals surface area contributed by atoms with Crippen LogP contribution in [-0.2, 0) is 4.79 Å². The van der Waals surface area contributed by atoms with Crippen LogP contribution in [0.15, 0.2) is 24.3 Å². The molecule has 0 bridgehead atoms. The highest BCUT2D eigenvalue weighted by atomic mass is 16.2. The molecule has 1 atom stereocenters. The lowest BCUT2D eigenvalue weighted by atomic mass is 9.98. The summed E-state index contributed by atoms with van der Waals surface area (Å²) < 4.78 is 0. The third-order valence-corrected chi connectivity index (χ3v) is 3.90. The standard InChI is InChI=1S/C15H23N3O/c1-11-6-8-18(9-7-11)12(2)15(19)17-14-5-3-4-13(16)10-14/h3-5,10-12H,6-9,16H2,1-2H3,(H,17,19). The maximum absolute atomic E-state index is 12.2. The first-order valence-electron chi connectivity index (χ1n) is 6.96. The number of likely N-dealkylation sites (tertiary alicyclic amines) is 1. The van der Waals surface area contributed by atoms with Gasteiger partial charge in [0.1, 0.15) is 0 Å². The molecule has 1 aromatic rings. The van der Waals surface area contributed by atoms with Gasteiger partial charge in [0.2, 0.25) is 5.91 Å². The minimum Gasteiger partial charge on any atom is -0.399 e. The predicted molar refractivity (Wildman–Crippen MR) is 78.9 cm³/mol. The van der Waals surface area contributed by atoms with E-state index in [0.29, 0.717) is 5.69 Å². The van der Waals surface area contributed by atoms with Crippen molar-refractivity contribution < 1.29 is 4.79 Å². The molecule has 4 heteroatoms. The molecule has 1 aromatic carbocycles. The summed E-state index contributed by atoms with van der Waals surface area (Å²) in [6.45, 7) is 6.26. The van der Waals surface area contributed by atoms with Crippen LogP contribution in [-0.4, -0.2) is 29.9 Å². The van der Waals surface area contributed by atoms with Crippen molar-refractivity contribution >= 4 is 17.3 Å². The van der Waals surface area contributed by atoms with E-state index in [1.54, 1.807) is 6.07 Å². The molecule has 104 valence electrons. The molecule has 19 heavy (non-hydrogen) atoms. The van der Waals surface area contributed by atoms with Gasteiger partial charge in [-0.05, 0) is 57.0 Å². The number of carbonyl (C=O) groups is 1. The van der Waals surface area contributed by atoms with Crippen molar-refractivity contribution in [2.24, 2.45) is 5.92 Å². The first-order chi connectivity index (χ1) is 9.06. The number of carbonyl (C=O) groups excluding carboxylic acids is 1. The van der Waals surface area contributed by atoms with E-state index in [1.165, 1.54) is 12.8 Å². The highest BCUT2D eigenvalue weighted by Gasteiger charge is 2.24. The van der Waals surface area contributed by atoms with Crippen LogP contribution in [0.3, 0.4) is 0 Å².